The summed E-state index contributed by atoms with van der Waals surface area (Å²) in [5, 5.41) is 0. The van der Waals surface area contributed by atoms with Gasteiger partial charge in [-0.1, -0.05) is 0 Å². The molecule has 2 amide bonds. The Kier molecular flexibility index (Phi) is 4.94. The number of cyclic esters (lactones) is 1. The molecule has 2 fully saturated rings. The maximum atomic E-state index is 12.3. The average molecular weight is 385 g/mol. The first-order chi connectivity index (χ1) is 11.1. The molecular formula is C14H17BrN4O4. The Bertz CT molecular complexity index is 583. The minimum atomic E-state index is -0.425. The van der Waals surface area contributed by atoms with Crippen LogP contribution in [0.4, 0.5) is 4.79 Å². The topological polar surface area (TPSA) is 84.9 Å². The zero-order valence-corrected chi connectivity index (χ0v) is 14.1. The quantitative estimate of drug-likeness (QED) is 0.771. The second-order valence-corrected chi connectivity index (χ2v) is 6.36. The van der Waals surface area contributed by atoms with Crippen LogP contribution in [0.3, 0.4) is 0 Å². The van der Waals surface area contributed by atoms with E-state index in [1.165, 1.54) is 4.90 Å². The number of rotatable bonds is 4. The number of likely N-dealkylation sites (tertiary alicyclic amines) is 1. The van der Waals surface area contributed by atoms with Gasteiger partial charge in [-0.2, -0.15) is 0 Å². The van der Waals surface area contributed by atoms with Gasteiger partial charge in [-0.25, -0.2) is 14.8 Å². The molecule has 0 aromatic carbocycles. The monoisotopic (exact) mass is 384 g/mol. The van der Waals surface area contributed by atoms with E-state index in [4.69, 9.17) is 9.47 Å². The molecule has 3 heterocycles. The molecule has 1 aromatic heterocycles. The molecule has 0 radical (unpaired) electrons. The van der Waals surface area contributed by atoms with Crippen molar-refractivity contribution in [3.05, 3.63) is 16.9 Å². The molecule has 0 saturated carbocycles. The number of carbonyl (C=O) groups excluding carboxylic acids is 2. The predicted octanol–water partition coefficient (Wildman–Crippen LogP) is 1.06. The highest BCUT2D eigenvalue weighted by Crippen LogP contribution is 2.17. The van der Waals surface area contributed by atoms with E-state index < -0.39 is 6.09 Å². The fourth-order valence-electron chi connectivity index (χ4n) is 2.60. The molecular weight excluding hydrogens is 368 g/mol. The highest BCUT2D eigenvalue weighted by Gasteiger charge is 2.30. The van der Waals surface area contributed by atoms with Crippen LogP contribution < -0.4 is 4.74 Å². The number of hydrogen-bond donors (Lipinski definition) is 0. The third-order valence-electron chi connectivity index (χ3n) is 3.77. The van der Waals surface area contributed by atoms with E-state index in [9.17, 15) is 9.59 Å². The lowest BCUT2D eigenvalue weighted by Gasteiger charge is -2.33. The molecule has 2 saturated heterocycles. The van der Waals surface area contributed by atoms with Gasteiger partial charge >= 0.3 is 12.1 Å². The number of amides is 2. The Balaban J connectivity index is 1.54. The number of carbonyl (C=O) groups is 2. The molecule has 1 unspecified atom stereocenters. The SMILES string of the molecule is O=C(CN1CCOC1=O)N1CCCC(Oc2ncc(Br)cn2)C1. The van der Waals surface area contributed by atoms with E-state index in [1.807, 2.05) is 0 Å². The van der Waals surface area contributed by atoms with Crippen molar-refractivity contribution in [2.75, 3.05) is 32.8 Å². The Morgan fingerprint density at radius 1 is 1.39 bits per heavy atom. The summed E-state index contributed by atoms with van der Waals surface area (Å²) in [5.74, 6) is -0.0890. The van der Waals surface area contributed by atoms with Crippen LogP contribution in [0.15, 0.2) is 16.9 Å². The molecule has 23 heavy (non-hydrogen) atoms. The average Bonchev–Trinajstić information content (AvgIpc) is 2.95. The summed E-state index contributed by atoms with van der Waals surface area (Å²) in [7, 11) is 0. The molecule has 3 rings (SSSR count). The summed E-state index contributed by atoms with van der Waals surface area (Å²) in [6.07, 6.45) is 4.36. The Hall–Kier alpha value is -1.90. The molecule has 1 aromatic rings. The number of ether oxygens (including phenoxy) is 2. The lowest BCUT2D eigenvalue weighted by atomic mass is 10.1. The third-order valence-corrected chi connectivity index (χ3v) is 4.18. The van der Waals surface area contributed by atoms with Gasteiger partial charge in [0.25, 0.3) is 0 Å². The maximum absolute atomic E-state index is 12.3. The summed E-state index contributed by atoms with van der Waals surface area (Å²) in [6.45, 7) is 2.01. The molecule has 2 aliphatic heterocycles. The summed E-state index contributed by atoms with van der Waals surface area (Å²) in [4.78, 5) is 35.0. The van der Waals surface area contributed by atoms with E-state index in [2.05, 4.69) is 25.9 Å². The number of aromatic nitrogens is 2. The Labute approximate surface area is 141 Å². The van der Waals surface area contributed by atoms with Crippen LogP contribution in [-0.2, 0) is 9.53 Å². The van der Waals surface area contributed by atoms with Gasteiger partial charge in [0.15, 0.2) is 0 Å². The fourth-order valence-corrected chi connectivity index (χ4v) is 2.81. The first-order valence-electron chi connectivity index (χ1n) is 7.45. The molecule has 124 valence electrons. The van der Waals surface area contributed by atoms with Gasteiger partial charge < -0.3 is 14.4 Å². The van der Waals surface area contributed by atoms with Crippen LogP contribution in [0.2, 0.25) is 0 Å². The van der Waals surface area contributed by atoms with Crippen molar-refractivity contribution in [3.8, 4) is 6.01 Å². The minimum Gasteiger partial charge on any atom is -0.458 e. The van der Waals surface area contributed by atoms with Gasteiger partial charge in [-0.15, -0.1) is 0 Å². The summed E-state index contributed by atoms with van der Waals surface area (Å²) in [6, 6.07) is 0.301. The van der Waals surface area contributed by atoms with Gasteiger partial charge in [0.05, 0.1) is 17.6 Å². The molecule has 2 aliphatic rings. The van der Waals surface area contributed by atoms with Crippen LogP contribution in [0.5, 0.6) is 6.01 Å². The summed E-state index contributed by atoms with van der Waals surface area (Å²) < 4.78 is 11.4. The Morgan fingerprint density at radius 2 is 2.17 bits per heavy atom. The van der Waals surface area contributed by atoms with Crippen molar-refractivity contribution in [3.63, 3.8) is 0 Å². The van der Waals surface area contributed by atoms with Gasteiger partial charge in [0.1, 0.15) is 19.3 Å². The first-order valence-corrected chi connectivity index (χ1v) is 8.25. The van der Waals surface area contributed by atoms with Crippen LogP contribution in [0.1, 0.15) is 12.8 Å². The standard InChI is InChI=1S/C14H17BrN4O4/c15-10-6-16-13(17-7-10)23-11-2-1-3-18(8-11)12(20)9-19-4-5-22-14(19)21/h6-7,11H,1-5,8-9H2. The van der Waals surface area contributed by atoms with Crippen molar-refractivity contribution >= 4 is 27.9 Å². The highest BCUT2D eigenvalue weighted by atomic mass is 79.9. The van der Waals surface area contributed by atoms with E-state index >= 15 is 0 Å². The second-order valence-electron chi connectivity index (χ2n) is 5.44. The number of hydrogen-bond acceptors (Lipinski definition) is 6. The predicted molar refractivity (Wildman–Crippen MR) is 82.9 cm³/mol. The normalized spacial score (nSPS) is 21.3. The smallest absolute Gasteiger partial charge is 0.410 e. The van der Waals surface area contributed by atoms with Crippen molar-refractivity contribution in [2.24, 2.45) is 0 Å². The van der Waals surface area contributed by atoms with Crippen molar-refractivity contribution in [1.29, 1.82) is 0 Å². The lowest BCUT2D eigenvalue weighted by Crippen LogP contribution is -2.48. The van der Waals surface area contributed by atoms with Crippen molar-refractivity contribution < 1.29 is 19.1 Å². The number of nitrogens with zero attached hydrogens (tertiary/aromatic N) is 4. The number of halogens is 1. The summed E-state index contributed by atoms with van der Waals surface area (Å²) in [5.41, 5.74) is 0. The molecule has 0 spiro atoms. The molecule has 0 aliphatic carbocycles. The van der Waals surface area contributed by atoms with E-state index in [0.717, 1.165) is 17.3 Å². The molecule has 0 bridgehead atoms. The van der Waals surface area contributed by atoms with E-state index in [0.29, 0.717) is 32.3 Å². The zero-order chi connectivity index (χ0) is 16.2. The molecule has 9 heteroatoms. The van der Waals surface area contributed by atoms with Crippen molar-refractivity contribution in [1.82, 2.24) is 19.8 Å². The van der Waals surface area contributed by atoms with Gasteiger partial charge in [0, 0.05) is 18.9 Å². The van der Waals surface area contributed by atoms with Crippen LogP contribution >= 0.6 is 15.9 Å². The minimum absolute atomic E-state index is 0.0559. The highest BCUT2D eigenvalue weighted by molar-refractivity contribution is 9.10. The van der Waals surface area contributed by atoms with Crippen LogP contribution in [0.25, 0.3) is 0 Å². The van der Waals surface area contributed by atoms with Gasteiger partial charge in [0.2, 0.25) is 5.91 Å². The van der Waals surface area contributed by atoms with Gasteiger partial charge in [-0.05, 0) is 28.8 Å². The maximum Gasteiger partial charge on any atom is 0.410 e. The molecule has 1 atom stereocenters. The van der Waals surface area contributed by atoms with Crippen LogP contribution in [-0.4, -0.2) is 70.7 Å². The van der Waals surface area contributed by atoms with Gasteiger partial charge in [-0.3, -0.25) is 9.69 Å². The first kappa shape index (κ1) is 16.0. The largest absolute Gasteiger partial charge is 0.458 e. The zero-order valence-electron chi connectivity index (χ0n) is 12.5. The Morgan fingerprint density at radius 3 is 2.87 bits per heavy atom. The van der Waals surface area contributed by atoms with Crippen molar-refractivity contribution in [2.45, 2.75) is 18.9 Å². The summed E-state index contributed by atoms with van der Waals surface area (Å²) >= 11 is 3.27. The molecule has 8 nitrogen and oxygen atoms in total. The second kappa shape index (κ2) is 7.12. The lowest BCUT2D eigenvalue weighted by molar-refractivity contribution is -0.134. The molecule has 0 N–H and O–H groups in total. The third kappa shape index (κ3) is 4.10. The van der Waals surface area contributed by atoms with Crippen LogP contribution in [0, 0.1) is 0 Å². The fraction of sp³-hybridized carbons (Fsp3) is 0.571. The van der Waals surface area contributed by atoms with E-state index in [1.54, 1.807) is 17.3 Å². The van der Waals surface area contributed by atoms with E-state index in [-0.39, 0.29) is 18.6 Å². The number of piperidine rings is 1.